The Labute approximate surface area is 214 Å². The van der Waals surface area contributed by atoms with Gasteiger partial charge >= 0.3 is 5.97 Å². The van der Waals surface area contributed by atoms with Crippen molar-refractivity contribution in [1.82, 2.24) is 0 Å². The number of thiophene rings is 1. The molecule has 0 bridgehead atoms. The Bertz CT molecular complexity index is 1150. The van der Waals surface area contributed by atoms with Crippen LogP contribution in [0.5, 0.6) is 5.75 Å². The molecule has 1 N–H and O–H groups in total. The Balaban J connectivity index is 1.52. The van der Waals surface area contributed by atoms with Crippen molar-refractivity contribution in [2.24, 2.45) is 11.8 Å². The number of amides is 1. The Morgan fingerprint density at radius 3 is 2.79 bits per heavy atom. The van der Waals surface area contributed by atoms with Crippen molar-refractivity contribution in [2.45, 2.75) is 62.1 Å². The van der Waals surface area contributed by atoms with E-state index in [4.69, 9.17) is 32.7 Å². The minimum atomic E-state index is -1.20. The van der Waals surface area contributed by atoms with Crippen LogP contribution >= 0.6 is 34.5 Å². The number of hydrogen-bond acceptors (Lipinski definition) is 5. The molecule has 8 heteroatoms. The van der Waals surface area contributed by atoms with E-state index in [0.717, 1.165) is 43.4 Å². The summed E-state index contributed by atoms with van der Waals surface area (Å²) >= 11 is 13.0. The molecule has 2 aromatic rings. The molecule has 1 heterocycles. The number of anilines is 1. The number of carbonyl (C=O) groups is 2. The van der Waals surface area contributed by atoms with Crippen molar-refractivity contribution in [1.29, 1.82) is 0 Å². The van der Waals surface area contributed by atoms with Crippen LogP contribution in [-0.2, 0) is 27.8 Å². The van der Waals surface area contributed by atoms with E-state index in [-0.39, 0.29) is 18.0 Å². The molecule has 3 aliphatic rings. The molecule has 182 valence electrons. The van der Waals surface area contributed by atoms with Crippen LogP contribution in [0.2, 0.25) is 0 Å². The van der Waals surface area contributed by atoms with Gasteiger partial charge in [0.05, 0.1) is 19.3 Å². The minimum Gasteiger partial charge on any atom is -0.497 e. The van der Waals surface area contributed by atoms with Gasteiger partial charge in [0.25, 0.3) is 5.91 Å². The zero-order chi connectivity index (χ0) is 24.2. The fourth-order valence-electron chi connectivity index (χ4n) is 6.77. The van der Waals surface area contributed by atoms with Crippen LogP contribution in [0.1, 0.15) is 71.0 Å². The summed E-state index contributed by atoms with van der Waals surface area (Å²) in [6.07, 6.45) is 5.16. The highest BCUT2D eigenvalue weighted by molar-refractivity contribution is 7.17. The van der Waals surface area contributed by atoms with E-state index in [0.29, 0.717) is 28.3 Å². The predicted molar refractivity (Wildman–Crippen MR) is 136 cm³/mol. The second-order valence-electron chi connectivity index (χ2n) is 9.76. The fraction of sp³-hybridized carbons (Fsp3) is 0.538. The van der Waals surface area contributed by atoms with Gasteiger partial charge in [-0.25, -0.2) is 4.79 Å². The largest absolute Gasteiger partial charge is 0.497 e. The molecule has 0 radical (unpaired) electrons. The van der Waals surface area contributed by atoms with Gasteiger partial charge in [0, 0.05) is 4.88 Å². The molecule has 4 atom stereocenters. The predicted octanol–water partition coefficient (Wildman–Crippen LogP) is 6.25. The highest BCUT2D eigenvalue weighted by atomic mass is 35.5. The van der Waals surface area contributed by atoms with E-state index in [1.165, 1.54) is 27.3 Å². The van der Waals surface area contributed by atoms with Crippen LogP contribution in [0.4, 0.5) is 5.00 Å². The van der Waals surface area contributed by atoms with E-state index < -0.39 is 10.7 Å². The summed E-state index contributed by atoms with van der Waals surface area (Å²) in [4.78, 5) is 25.3. The van der Waals surface area contributed by atoms with Gasteiger partial charge in [-0.1, -0.05) is 36.2 Å². The van der Waals surface area contributed by atoms with E-state index >= 15 is 0 Å². The SMILES string of the molecule is CCOC(=O)c1c(NC(=O)C(Cl)Cl)sc2c1[C@]1(C)CC[C@@H]3c4ccc(OC)cc4CC[C@@H]3[C@@H]1C2. The normalized spacial score (nSPS) is 26.8. The van der Waals surface area contributed by atoms with Crippen LogP contribution in [0.15, 0.2) is 18.2 Å². The first kappa shape index (κ1) is 24.0. The fourth-order valence-corrected chi connectivity index (χ4v) is 8.27. The van der Waals surface area contributed by atoms with Gasteiger partial charge in [0.1, 0.15) is 10.8 Å². The molecule has 0 saturated heterocycles. The standard InChI is InChI=1S/C26H29Cl2NO4S/c1-4-33-25(31)20-21-19(34-24(20)29-23(30)22(27)28)12-18-17-7-5-13-11-14(32-3)6-8-15(13)16(17)9-10-26(18,21)2/h6,8,11,16-18,22H,4-5,7,9-10,12H2,1-3H3,(H,29,30)/t16-,17+,18+,26-/m1/s1. The molecule has 1 saturated carbocycles. The number of methoxy groups -OCH3 is 1. The molecule has 0 unspecified atom stereocenters. The highest BCUT2D eigenvalue weighted by Crippen LogP contribution is 2.63. The maximum atomic E-state index is 13.1. The van der Waals surface area contributed by atoms with E-state index in [1.54, 1.807) is 14.0 Å². The molecule has 1 aromatic carbocycles. The number of halogens is 2. The Hall–Kier alpha value is -1.76. The van der Waals surface area contributed by atoms with Crippen molar-refractivity contribution in [2.75, 3.05) is 19.0 Å². The van der Waals surface area contributed by atoms with Gasteiger partial charge in [-0.2, -0.15) is 0 Å². The number of rotatable bonds is 5. The van der Waals surface area contributed by atoms with E-state index in [2.05, 4.69) is 30.4 Å². The zero-order valence-electron chi connectivity index (χ0n) is 19.6. The van der Waals surface area contributed by atoms with Crippen molar-refractivity contribution in [3.05, 3.63) is 45.3 Å². The first-order valence-electron chi connectivity index (χ1n) is 11.9. The van der Waals surface area contributed by atoms with Gasteiger partial charge in [-0.15, -0.1) is 11.3 Å². The van der Waals surface area contributed by atoms with Gasteiger partial charge in [-0.3, -0.25) is 4.79 Å². The lowest BCUT2D eigenvalue weighted by molar-refractivity contribution is -0.114. The number of hydrogen-bond donors (Lipinski definition) is 1. The monoisotopic (exact) mass is 521 g/mol. The van der Waals surface area contributed by atoms with Crippen LogP contribution in [0.25, 0.3) is 0 Å². The van der Waals surface area contributed by atoms with E-state index in [9.17, 15) is 9.59 Å². The Morgan fingerprint density at radius 2 is 2.09 bits per heavy atom. The quantitative estimate of drug-likeness (QED) is 0.373. The van der Waals surface area contributed by atoms with Crippen LogP contribution in [0, 0.1) is 11.8 Å². The van der Waals surface area contributed by atoms with Crippen molar-refractivity contribution >= 4 is 51.4 Å². The average Bonchev–Trinajstić information content (AvgIpc) is 3.32. The lowest BCUT2D eigenvalue weighted by Gasteiger charge is -2.49. The Kier molecular flexibility index (Phi) is 6.36. The number of fused-ring (bicyclic) bond motifs is 7. The lowest BCUT2D eigenvalue weighted by Crippen LogP contribution is -2.43. The molecule has 5 rings (SSSR count). The zero-order valence-corrected chi connectivity index (χ0v) is 21.9. The second kappa shape index (κ2) is 9.03. The van der Waals surface area contributed by atoms with E-state index in [1.807, 2.05) is 0 Å². The average molecular weight is 522 g/mol. The summed E-state index contributed by atoms with van der Waals surface area (Å²) in [6.45, 7) is 4.37. The molecule has 1 aromatic heterocycles. The number of alkyl halides is 2. The topological polar surface area (TPSA) is 64.6 Å². The third kappa shape index (κ3) is 3.73. The molecule has 0 aliphatic heterocycles. The second-order valence-corrected chi connectivity index (χ2v) is 12.0. The highest BCUT2D eigenvalue weighted by Gasteiger charge is 2.55. The summed E-state index contributed by atoms with van der Waals surface area (Å²) in [5.41, 5.74) is 4.29. The summed E-state index contributed by atoms with van der Waals surface area (Å²) in [6, 6.07) is 6.53. The van der Waals surface area contributed by atoms with Crippen molar-refractivity contribution in [3.8, 4) is 5.75 Å². The third-order valence-corrected chi connectivity index (χ3v) is 9.72. The smallest absolute Gasteiger partial charge is 0.341 e. The summed E-state index contributed by atoms with van der Waals surface area (Å²) in [5, 5.41) is 3.28. The summed E-state index contributed by atoms with van der Waals surface area (Å²) < 4.78 is 10.9. The van der Waals surface area contributed by atoms with Crippen LogP contribution < -0.4 is 10.1 Å². The van der Waals surface area contributed by atoms with Gasteiger partial charge in [-0.05, 0) is 91.0 Å². The first-order valence-corrected chi connectivity index (χ1v) is 13.6. The number of nitrogens with one attached hydrogen (secondary N) is 1. The third-order valence-electron chi connectivity index (χ3n) is 8.20. The number of ether oxygens (including phenoxy) is 2. The van der Waals surface area contributed by atoms with Gasteiger partial charge in [0.15, 0.2) is 4.84 Å². The molecule has 0 spiro atoms. The maximum absolute atomic E-state index is 13.1. The molecule has 1 amide bonds. The lowest BCUT2D eigenvalue weighted by atomic mass is 9.54. The first-order chi connectivity index (χ1) is 16.3. The molecule has 34 heavy (non-hydrogen) atoms. The molecular weight excluding hydrogens is 493 g/mol. The van der Waals surface area contributed by atoms with Crippen molar-refractivity contribution in [3.63, 3.8) is 0 Å². The number of esters is 1. The molecular formula is C26H29Cl2NO4S. The molecule has 3 aliphatic carbocycles. The van der Waals surface area contributed by atoms with Gasteiger partial charge in [0.2, 0.25) is 0 Å². The minimum absolute atomic E-state index is 0.136. The number of benzene rings is 1. The maximum Gasteiger partial charge on any atom is 0.341 e. The van der Waals surface area contributed by atoms with Gasteiger partial charge < -0.3 is 14.8 Å². The Morgan fingerprint density at radius 1 is 1.29 bits per heavy atom. The molecule has 5 nitrogen and oxygen atoms in total. The number of carbonyl (C=O) groups excluding carboxylic acids is 2. The van der Waals surface area contributed by atoms with Crippen LogP contribution in [0.3, 0.4) is 0 Å². The molecule has 1 fully saturated rings. The summed E-state index contributed by atoms with van der Waals surface area (Å²) in [7, 11) is 1.72. The summed E-state index contributed by atoms with van der Waals surface area (Å²) in [5.74, 6) is 1.54. The number of aryl methyl sites for hydroxylation is 1. The van der Waals surface area contributed by atoms with Crippen molar-refractivity contribution < 1.29 is 19.1 Å². The van der Waals surface area contributed by atoms with Crippen LogP contribution in [-0.4, -0.2) is 30.4 Å².